The lowest BCUT2D eigenvalue weighted by Gasteiger charge is -2.10. The Morgan fingerprint density at radius 3 is 2.19 bits per heavy atom. The number of halogens is 2. The van der Waals surface area contributed by atoms with Gasteiger partial charge in [-0.3, -0.25) is 0 Å². The van der Waals surface area contributed by atoms with E-state index in [1.54, 1.807) is 26.0 Å². The summed E-state index contributed by atoms with van der Waals surface area (Å²) in [5.74, 6) is -3.02. The van der Waals surface area contributed by atoms with E-state index in [1.165, 1.54) is 6.08 Å². The molecule has 0 unspecified atom stereocenters. The molecule has 0 N–H and O–H groups in total. The van der Waals surface area contributed by atoms with Crippen molar-refractivity contribution in [2.75, 3.05) is 13.2 Å². The van der Waals surface area contributed by atoms with Gasteiger partial charge in [0.25, 0.3) is 0 Å². The average molecular weight is 362 g/mol. The molecule has 0 aliphatic rings. The highest BCUT2D eigenvalue weighted by Gasteiger charge is 2.16. The largest absolute Gasteiger partial charge is 0.487 e. The molecular weight excluding hydrogens is 342 g/mol. The van der Waals surface area contributed by atoms with Crippen molar-refractivity contribution in [1.29, 1.82) is 0 Å². The number of benzene rings is 2. The fraction of sp³-hybridized carbons (Fsp3) is 0.250. The molecule has 0 saturated heterocycles. The SMILES string of the molecule is CCOC(=O)C(=Cc1cc(F)c(OCc2ccccc2)c(F)c1)OCC. The molecule has 0 spiro atoms. The molecule has 0 aliphatic heterocycles. The first kappa shape index (κ1) is 19.4. The lowest BCUT2D eigenvalue weighted by molar-refractivity contribution is -0.142. The quantitative estimate of drug-likeness (QED) is 0.394. The second kappa shape index (κ2) is 9.56. The van der Waals surface area contributed by atoms with Crippen molar-refractivity contribution in [3.05, 3.63) is 71.0 Å². The normalized spacial score (nSPS) is 11.2. The monoisotopic (exact) mass is 362 g/mol. The molecule has 0 aromatic heterocycles. The van der Waals surface area contributed by atoms with Crippen LogP contribution in [0.5, 0.6) is 5.75 Å². The second-order valence-corrected chi connectivity index (χ2v) is 5.25. The third kappa shape index (κ3) is 5.31. The third-order valence-electron chi connectivity index (χ3n) is 3.32. The van der Waals surface area contributed by atoms with E-state index in [1.807, 2.05) is 18.2 Å². The van der Waals surface area contributed by atoms with Crippen LogP contribution in [-0.4, -0.2) is 19.2 Å². The van der Waals surface area contributed by atoms with E-state index in [-0.39, 0.29) is 31.1 Å². The number of hydrogen-bond donors (Lipinski definition) is 0. The van der Waals surface area contributed by atoms with Crippen LogP contribution in [0, 0.1) is 11.6 Å². The van der Waals surface area contributed by atoms with Gasteiger partial charge in [0.05, 0.1) is 13.2 Å². The third-order valence-corrected chi connectivity index (χ3v) is 3.32. The summed E-state index contributed by atoms with van der Waals surface area (Å²) in [4.78, 5) is 11.8. The first-order valence-corrected chi connectivity index (χ1v) is 8.22. The summed E-state index contributed by atoms with van der Waals surface area (Å²) in [5, 5.41) is 0. The van der Waals surface area contributed by atoms with Gasteiger partial charge in [-0.2, -0.15) is 0 Å². The average Bonchev–Trinajstić information content (AvgIpc) is 2.62. The number of hydrogen-bond acceptors (Lipinski definition) is 4. The number of carbonyl (C=O) groups excluding carboxylic acids is 1. The van der Waals surface area contributed by atoms with Gasteiger partial charge in [0.1, 0.15) is 6.61 Å². The molecule has 0 amide bonds. The standard InChI is InChI=1S/C20H20F2O4/c1-3-24-18(20(23)25-4-2)12-15-10-16(21)19(17(22)11-15)26-13-14-8-6-5-7-9-14/h5-12H,3-4,13H2,1-2H3. The highest BCUT2D eigenvalue weighted by Crippen LogP contribution is 2.25. The maximum atomic E-state index is 14.2. The van der Waals surface area contributed by atoms with E-state index in [2.05, 4.69) is 0 Å². The van der Waals surface area contributed by atoms with Crippen molar-refractivity contribution >= 4 is 12.0 Å². The highest BCUT2D eigenvalue weighted by atomic mass is 19.1. The van der Waals surface area contributed by atoms with Gasteiger partial charge in [-0.1, -0.05) is 30.3 Å². The maximum absolute atomic E-state index is 14.2. The Balaban J connectivity index is 2.21. The smallest absolute Gasteiger partial charge is 0.373 e. The summed E-state index contributed by atoms with van der Waals surface area (Å²) in [6, 6.07) is 11.2. The van der Waals surface area contributed by atoms with E-state index in [9.17, 15) is 13.6 Å². The topological polar surface area (TPSA) is 44.8 Å². The number of esters is 1. The number of ether oxygens (including phenoxy) is 3. The minimum absolute atomic E-state index is 0.0386. The van der Waals surface area contributed by atoms with Crippen molar-refractivity contribution in [3.8, 4) is 5.75 Å². The van der Waals surface area contributed by atoms with E-state index in [4.69, 9.17) is 14.2 Å². The van der Waals surface area contributed by atoms with Gasteiger partial charge in [-0.05, 0) is 43.2 Å². The molecule has 6 heteroatoms. The maximum Gasteiger partial charge on any atom is 0.373 e. The molecule has 2 aromatic carbocycles. The Bertz CT molecular complexity index is 750. The predicted molar refractivity (Wildman–Crippen MR) is 93.4 cm³/mol. The van der Waals surface area contributed by atoms with Crippen LogP contribution in [0.25, 0.3) is 6.08 Å². The second-order valence-electron chi connectivity index (χ2n) is 5.25. The van der Waals surface area contributed by atoms with Crippen LogP contribution in [0.15, 0.2) is 48.2 Å². The zero-order chi connectivity index (χ0) is 18.9. The number of rotatable bonds is 8. The fourth-order valence-electron chi connectivity index (χ4n) is 2.20. The molecular formula is C20H20F2O4. The molecule has 4 nitrogen and oxygen atoms in total. The molecule has 2 aromatic rings. The van der Waals surface area contributed by atoms with E-state index in [0.717, 1.165) is 17.7 Å². The predicted octanol–water partition coefficient (Wildman–Crippen LogP) is 4.48. The van der Waals surface area contributed by atoms with Gasteiger partial charge >= 0.3 is 5.97 Å². The molecule has 0 bridgehead atoms. The van der Waals surface area contributed by atoms with Crippen LogP contribution in [0.3, 0.4) is 0 Å². The molecule has 26 heavy (non-hydrogen) atoms. The van der Waals surface area contributed by atoms with Gasteiger partial charge < -0.3 is 14.2 Å². The first-order chi connectivity index (χ1) is 12.5. The summed E-state index contributed by atoms with van der Waals surface area (Å²) >= 11 is 0. The van der Waals surface area contributed by atoms with Crippen molar-refractivity contribution in [2.24, 2.45) is 0 Å². The van der Waals surface area contributed by atoms with Crippen molar-refractivity contribution in [1.82, 2.24) is 0 Å². The summed E-state index contributed by atoms with van der Waals surface area (Å²) in [5.41, 5.74) is 0.916. The van der Waals surface area contributed by atoms with Crippen LogP contribution in [0.1, 0.15) is 25.0 Å². The number of carbonyl (C=O) groups is 1. The van der Waals surface area contributed by atoms with Gasteiger partial charge in [0, 0.05) is 0 Å². The molecule has 0 aliphatic carbocycles. The lowest BCUT2D eigenvalue weighted by atomic mass is 10.1. The Morgan fingerprint density at radius 2 is 1.62 bits per heavy atom. The highest BCUT2D eigenvalue weighted by molar-refractivity contribution is 5.91. The Hall–Kier alpha value is -2.89. The molecule has 0 saturated carbocycles. The molecule has 0 radical (unpaired) electrons. The summed E-state index contributed by atoms with van der Waals surface area (Å²) in [6.07, 6.45) is 1.23. The zero-order valence-corrected chi connectivity index (χ0v) is 14.6. The fourth-order valence-corrected chi connectivity index (χ4v) is 2.20. The summed E-state index contributed by atoms with van der Waals surface area (Å²) < 4.78 is 43.8. The van der Waals surface area contributed by atoms with Crippen LogP contribution in [0.4, 0.5) is 8.78 Å². The minimum Gasteiger partial charge on any atom is -0.487 e. The van der Waals surface area contributed by atoms with Crippen LogP contribution >= 0.6 is 0 Å². The van der Waals surface area contributed by atoms with Gasteiger partial charge in [0.2, 0.25) is 5.76 Å². The molecule has 0 atom stereocenters. The van der Waals surface area contributed by atoms with Gasteiger partial charge in [-0.25, -0.2) is 13.6 Å². The lowest BCUT2D eigenvalue weighted by Crippen LogP contribution is -2.10. The summed E-state index contributed by atoms with van der Waals surface area (Å²) in [6.45, 7) is 3.76. The molecule has 138 valence electrons. The molecule has 0 heterocycles. The minimum atomic E-state index is -0.869. The van der Waals surface area contributed by atoms with Crippen molar-refractivity contribution in [3.63, 3.8) is 0 Å². The Kier molecular flexibility index (Phi) is 7.14. The molecule has 0 fully saturated rings. The first-order valence-electron chi connectivity index (χ1n) is 8.22. The van der Waals surface area contributed by atoms with E-state index in [0.29, 0.717) is 0 Å². The summed E-state index contributed by atoms with van der Waals surface area (Å²) in [7, 11) is 0. The van der Waals surface area contributed by atoms with Crippen molar-refractivity contribution < 1.29 is 27.8 Å². The van der Waals surface area contributed by atoms with Gasteiger partial charge in [0.15, 0.2) is 17.4 Å². The Labute approximate surface area is 151 Å². The zero-order valence-electron chi connectivity index (χ0n) is 14.6. The Morgan fingerprint density at radius 1 is 1.00 bits per heavy atom. The van der Waals surface area contributed by atoms with Crippen LogP contribution in [0.2, 0.25) is 0 Å². The molecule has 2 rings (SSSR count). The van der Waals surface area contributed by atoms with E-state index >= 15 is 0 Å². The van der Waals surface area contributed by atoms with Crippen LogP contribution < -0.4 is 4.74 Å². The van der Waals surface area contributed by atoms with Gasteiger partial charge in [-0.15, -0.1) is 0 Å². The van der Waals surface area contributed by atoms with E-state index < -0.39 is 23.4 Å². The van der Waals surface area contributed by atoms with Crippen LogP contribution in [-0.2, 0) is 20.9 Å². The van der Waals surface area contributed by atoms with Crippen molar-refractivity contribution in [2.45, 2.75) is 20.5 Å².